The van der Waals surface area contributed by atoms with E-state index in [1.165, 1.54) is 0 Å². The van der Waals surface area contributed by atoms with E-state index in [1.54, 1.807) is 7.11 Å². The molecule has 1 saturated heterocycles. The van der Waals surface area contributed by atoms with Crippen LogP contribution in [0.15, 0.2) is 30.3 Å². The first-order valence-electron chi connectivity index (χ1n) is 17.2. The van der Waals surface area contributed by atoms with Crippen molar-refractivity contribution in [2.24, 2.45) is 5.92 Å². The summed E-state index contributed by atoms with van der Waals surface area (Å²) in [5.41, 5.74) is 0.438. The van der Waals surface area contributed by atoms with Crippen molar-refractivity contribution in [3.05, 3.63) is 35.9 Å². The monoisotopic (exact) mass is 691 g/mol. The number of rotatable bonds is 14. The lowest BCUT2D eigenvalue weighted by Gasteiger charge is -2.43. The van der Waals surface area contributed by atoms with Gasteiger partial charge in [0.05, 0.1) is 13.2 Å². The van der Waals surface area contributed by atoms with Crippen molar-refractivity contribution in [2.75, 3.05) is 7.11 Å². The molecule has 0 radical (unpaired) electrons. The highest BCUT2D eigenvalue weighted by atomic mass is 28.4. The van der Waals surface area contributed by atoms with Crippen LogP contribution in [0.4, 0.5) is 4.79 Å². The molecule has 10 heteroatoms. The summed E-state index contributed by atoms with van der Waals surface area (Å²) in [7, 11) is -3.07. The summed E-state index contributed by atoms with van der Waals surface area (Å²) in [4.78, 5) is 26.9. The maximum absolute atomic E-state index is 13.7. The summed E-state index contributed by atoms with van der Waals surface area (Å²) >= 11 is 0. The van der Waals surface area contributed by atoms with Gasteiger partial charge in [-0.3, -0.25) is 0 Å². The molecule has 1 N–H and O–H groups in total. The van der Waals surface area contributed by atoms with Crippen molar-refractivity contribution < 1.29 is 32.7 Å². The number of unbranched alkanes of at least 4 members (excludes halogenated alkanes) is 2. The molecule has 0 saturated carbocycles. The third kappa shape index (κ3) is 12.0. The van der Waals surface area contributed by atoms with Gasteiger partial charge in [0, 0.05) is 0 Å². The Balaban J connectivity index is 2.34. The maximum Gasteiger partial charge on any atom is 0.408 e. The predicted octanol–water partition coefficient (Wildman–Crippen LogP) is 9.50. The number of alkyl carbamates (subject to hydrolysis) is 1. The second-order valence-corrected chi connectivity index (χ2v) is 26.7. The minimum absolute atomic E-state index is 0.0575. The molecule has 0 unspecified atom stereocenters. The van der Waals surface area contributed by atoms with Crippen LogP contribution in [0.3, 0.4) is 0 Å². The van der Waals surface area contributed by atoms with Gasteiger partial charge in [0.15, 0.2) is 28.8 Å². The van der Waals surface area contributed by atoms with Crippen LogP contribution in [0, 0.1) is 5.92 Å². The highest BCUT2D eigenvalue weighted by Gasteiger charge is 2.56. The lowest BCUT2D eigenvalue weighted by molar-refractivity contribution is -0.150. The molecule has 1 heterocycles. The fourth-order valence-electron chi connectivity index (χ4n) is 4.93. The first kappa shape index (κ1) is 41.0. The fraction of sp³-hybridized carbons (Fsp3) is 0.730. The zero-order valence-corrected chi connectivity index (χ0v) is 34.0. The van der Waals surface area contributed by atoms with Crippen LogP contribution < -0.4 is 10.1 Å². The lowest BCUT2D eigenvalue weighted by atomic mass is 9.90. The van der Waals surface area contributed by atoms with Gasteiger partial charge in [0.2, 0.25) is 0 Å². The zero-order valence-electron chi connectivity index (χ0n) is 32.0. The van der Waals surface area contributed by atoms with Gasteiger partial charge in [-0.1, -0.05) is 79.2 Å². The number of carbonyl (C=O) groups is 2. The van der Waals surface area contributed by atoms with E-state index in [0.717, 1.165) is 37.0 Å². The summed E-state index contributed by atoms with van der Waals surface area (Å²) in [6, 6.07) is 7.27. The van der Waals surface area contributed by atoms with Gasteiger partial charge in [-0.2, -0.15) is 0 Å². The Labute approximate surface area is 287 Å². The molecular weight excluding hydrogens is 627 g/mol. The van der Waals surface area contributed by atoms with E-state index < -0.39 is 58.7 Å². The largest absolute Gasteiger partial charge is 0.497 e. The molecule has 0 bridgehead atoms. The van der Waals surface area contributed by atoms with Crippen molar-refractivity contribution in [2.45, 2.75) is 161 Å². The molecule has 1 amide bonds. The molecule has 0 spiro atoms. The van der Waals surface area contributed by atoms with Gasteiger partial charge in [-0.25, -0.2) is 9.59 Å². The molecule has 1 aromatic carbocycles. The molecule has 5 atom stereocenters. The zero-order chi connectivity index (χ0) is 36.0. The minimum Gasteiger partial charge on any atom is -0.497 e. The smallest absolute Gasteiger partial charge is 0.408 e. The fourth-order valence-corrected chi connectivity index (χ4v) is 7.56. The number of cyclic esters (lactones) is 1. The quantitative estimate of drug-likeness (QED) is 0.118. The predicted molar refractivity (Wildman–Crippen MR) is 197 cm³/mol. The number of nitrogens with one attached hydrogen (secondary N) is 1. The van der Waals surface area contributed by atoms with Crippen LogP contribution in [0.5, 0.6) is 5.75 Å². The first-order chi connectivity index (χ1) is 21.4. The van der Waals surface area contributed by atoms with Gasteiger partial charge in [-0.15, -0.1) is 0 Å². The van der Waals surface area contributed by atoms with E-state index >= 15 is 0 Å². The second-order valence-electron chi connectivity index (χ2n) is 17.2. The van der Waals surface area contributed by atoms with Crippen molar-refractivity contribution in [3.8, 4) is 5.75 Å². The normalized spacial score (nSPS) is 21.0. The molecule has 1 aromatic rings. The first-order valence-corrected chi connectivity index (χ1v) is 23.1. The SMILES string of the molecule is COc1ccc(/C=C/CCCC[C@H](C)[C@H](O[Si](C)(C)C(C)(C)C)[C@H]2OC(=O)[C@@H](O[Si](C)(C)C(C)(C)C)[C@@H]2NC(=O)OC(C)(C)C)cc1. The summed E-state index contributed by atoms with van der Waals surface area (Å²) in [5, 5.41) is 2.81. The van der Waals surface area contributed by atoms with Crippen molar-refractivity contribution in [3.63, 3.8) is 0 Å². The Morgan fingerprint density at radius 1 is 0.936 bits per heavy atom. The number of benzene rings is 1. The van der Waals surface area contributed by atoms with Crippen molar-refractivity contribution in [1.29, 1.82) is 0 Å². The van der Waals surface area contributed by atoms with Crippen LogP contribution in [-0.2, 0) is 23.1 Å². The van der Waals surface area contributed by atoms with Crippen LogP contribution in [0.25, 0.3) is 6.08 Å². The number of allylic oxidation sites excluding steroid dienone is 1. The van der Waals surface area contributed by atoms with Crippen LogP contribution >= 0.6 is 0 Å². The molecule has 1 aliphatic heterocycles. The second kappa shape index (κ2) is 16.0. The van der Waals surface area contributed by atoms with E-state index in [1.807, 2.05) is 45.0 Å². The van der Waals surface area contributed by atoms with Crippen molar-refractivity contribution >= 4 is 34.8 Å². The highest BCUT2D eigenvalue weighted by Crippen LogP contribution is 2.43. The van der Waals surface area contributed by atoms with Crippen LogP contribution in [-0.4, -0.2) is 65.8 Å². The number of esters is 1. The number of amides is 1. The van der Waals surface area contributed by atoms with E-state index in [2.05, 4.69) is 92.1 Å². The molecule has 1 aliphatic rings. The lowest BCUT2D eigenvalue weighted by Crippen LogP contribution is -2.59. The molecule has 47 heavy (non-hydrogen) atoms. The Hall–Kier alpha value is -2.15. The van der Waals surface area contributed by atoms with Gasteiger partial charge < -0.3 is 28.4 Å². The van der Waals surface area contributed by atoms with Gasteiger partial charge in [0.1, 0.15) is 17.4 Å². The van der Waals surface area contributed by atoms with Gasteiger partial charge >= 0.3 is 12.1 Å². The third-order valence-corrected chi connectivity index (χ3v) is 18.8. The topological polar surface area (TPSA) is 92.3 Å². The van der Waals surface area contributed by atoms with E-state index in [0.29, 0.717) is 0 Å². The van der Waals surface area contributed by atoms with Gasteiger partial charge in [0.25, 0.3) is 0 Å². The van der Waals surface area contributed by atoms with Crippen LogP contribution in [0.2, 0.25) is 36.3 Å². The standard InChI is InChI=1S/C37H65NO7Si2/c1-26(20-18-16-17-19-21-27-22-24-28(41-11)25-23-27)30(44-46(12,13)36(5,6)7)31-29(38-34(40)43-35(2,3)4)32(33(39)42-31)45-47(14,15)37(8,9)10/h19,21-26,29-32H,16-18,20H2,1-15H3,(H,38,40)/b21-19+/t26-,29+,30-,31-,32-/m0/s1. The van der Waals surface area contributed by atoms with E-state index in [9.17, 15) is 9.59 Å². The van der Waals surface area contributed by atoms with Gasteiger partial charge in [-0.05, 0) is 99.9 Å². The Kier molecular flexibility index (Phi) is 14.0. The number of hydrogen-bond donors (Lipinski definition) is 1. The molecule has 268 valence electrons. The Morgan fingerprint density at radius 3 is 2.02 bits per heavy atom. The third-order valence-electron chi connectivity index (χ3n) is 9.90. The number of ether oxygens (including phenoxy) is 3. The van der Waals surface area contributed by atoms with E-state index in [4.69, 9.17) is 23.1 Å². The maximum atomic E-state index is 13.7. The average Bonchev–Trinajstić information content (AvgIpc) is 3.20. The summed E-state index contributed by atoms with van der Waals surface area (Å²) in [6.45, 7) is 29.3. The summed E-state index contributed by atoms with van der Waals surface area (Å²) in [5.74, 6) is 0.447. The molecule has 0 aliphatic carbocycles. The molecule has 1 fully saturated rings. The molecule has 8 nitrogen and oxygen atoms in total. The summed E-state index contributed by atoms with van der Waals surface area (Å²) < 4.78 is 30.9. The van der Waals surface area contributed by atoms with Crippen molar-refractivity contribution in [1.82, 2.24) is 5.32 Å². The summed E-state index contributed by atoms with van der Waals surface area (Å²) in [6.07, 6.45) is 5.49. The highest BCUT2D eigenvalue weighted by molar-refractivity contribution is 6.74. The Morgan fingerprint density at radius 2 is 1.51 bits per heavy atom. The molecule has 0 aromatic heterocycles. The average molecular weight is 692 g/mol. The Bertz CT molecular complexity index is 1190. The number of carbonyl (C=O) groups excluding carboxylic acids is 2. The number of hydrogen-bond acceptors (Lipinski definition) is 7. The van der Waals surface area contributed by atoms with E-state index in [-0.39, 0.29) is 16.0 Å². The molecule has 2 rings (SSSR count). The number of methoxy groups -OCH3 is 1. The minimum atomic E-state index is -2.42. The van der Waals surface area contributed by atoms with Crippen LogP contribution in [0.1, 0.15) is 100 Å². The molecular formula is C37H65NO7Si2.